The van der Waals surface area contributed by atoms with Crippen LogP contribution in [0.25, 0.3) is 0 Å². The molecule has 1 heterocycles. The third-order valence-corrected chi connectivity index (χ3v) is 3.73. The van der Waals surface area contributed by atoms with Gasteiger partial charge in [-0.2, -0.15) is 0 Å². The third kappa shape index (κ3) is 3.29. The van der Waals surface area contributed by atoms with Crippen LogP contribution in [0, 0.1) is 5.41 Å². The van der Waals surface area contributed by atoms with Crippen molar-refractivity contribution >= 4 is 5.91 Å². The molecule has 110 valence electrons. The first kappa shape index (κ1) is 14.8. The van der Waals surface area contributed by atoms with Crippen LogP contribution in [0.3, 0.4) is 0 Å². The smallest absolute Gasteiger partial charge is 0.230 e. The quantitative estimate of drug-likeness (QED) is 0.813. The van der Waals surface area contributed by atoms with Crippen molar-refractivity contribution in [2.24, 2.45) is 5.41 Å². The van der Waals surface area contributed by atoms with Crippen molar-refractivity contribution in [1.82, 2.24) is 10.6 Å². The van der Waals surface area contributed by atoms with Crippen LogP contribution in [0.15, 0.2) is 24.3 Å². The number of amides is 1. The van der Waals surface area contributed by atoms with E-state index >= 15 is 0 Å². The van der Waals surface area contributed by atoms with Gasteiger partial charge >= 0.3 is 0 Å². The zero-order valence-electron chi connectivity index (χ0n) is 12.1. The first-order valence-electron chi connectivity index (χ1n) is 6.81. The second-order valence-corrected chi connectivity index (χ2v) is 5.17. The van der Waals surface area contributed by atoms with E-state index in [0.29, 0.717) is 19.7 Å². The van der Waals surface area contributed by atoms with E-state index in [1.54, 1.807) is 14.2 Å². The van der Waals surface area contributed by atoms with Crippen molar-refractivity contribution in [3.05, 3.63) is 29.8 Å². The highest BCUT2D eigenvalue weighted by Crippen LogP contribution is 2.26. The summed E-state index contributed by atoms with van der Waals surface area (Å²) in [6, 6.07) is 7.70. The highest BCUT2D eigenvalue weighted by Gasteiger charge is 2.41. The van der Waals surface area contributed by atoms with E-state index in [2.05, 4.69) is 10.6 Å². The van der Waals surface area contributed by atoms with Crippen LogP contribution < -0.4 is 15.4 Å². The first-order valence-corrected chi connectivity index (χ1v) is 6.81. The molecule has 2 N–H and O–H groups in total. The monoisotopic (exact) mass is 278 g/mol. The Morgan fingerprint density at radius 1 is 1.45 bits per heavy atom. The molecule has 20 heavy (non-hydrogen) atoms. The number of benzene rings is 1. The summed E-state index contributed by atoms with van der Waals surface area (Å²) in [5.74, 6) is 0.845. The summed E-state index contributed by atoms with van der Waals surface area (Å²) in [5.41, 5.74) is 0.587. The molecular weight excluding hydrogens is 256 g/mol. The lowest BCUT2D eigenvalue weighted by molar-refractivity contribution is -0.133. The number of carbonyl (C=O) groups is 1. The minimum atomic E-state index is -0.437. The lowest BCUT2D eigenvalue weighted by Gasteiger charge is -2.26. The molecule has 1 amide bonds. The van der Waals surface area contributed by atoms with Crippen LogP contribution in [0.5, 0.6) is 5.75 Å². The van der Waals surface area contributed by atoms with Crippen molar-refractivity contribution < 1.29 is 14.3 Å². The van der Waals surface area contributed by atoms with E-state index in [1.807, 2.05) is 24.3 Å². The van der Waals surface area contributed by atoms with E-state index in [9.17, 15) is 4.79 Å². The molecule has 5 nitrogen and oxygen atoms in total. The van der Waals surface area contributed by atoms with Gasteiger partial charge in [0.15, 0.2) is 0 Å². The molecule has 1 aromatic carbocycles. The zero-order chi connectivity index (χ0) is 14.4. The van der Waals surface area contributed by atoms with Gasteiger partial charge in [-0.15, -0.1) is 0 Å². The lowest BCUT2D eigenvalue weighted by Crippen LogP contribution is -2.45. The van der Waals surface area contributed by atoms with Gasteiger partial charge in [0, 0.05) is 20.2 Å². The first-order chi connectivity index (χ1) is 9.70. The average Bonchev–Trinajstić information content (AvgIpc) is 2.95. The maximum atomic E-state index is 12.4. The standard InChI is InChI=1S/C15H22N2O3/c1-19-11-15(6-7-16-10-15)14(18)17-9-12-4-3-5-13(8-12)20-2/h3-5,8,16H,6-7,9-11H2,1-2H3,(H,17,18). The number of nitrogens with one attached hydrogen (secondary N) is 2. The van der Waals surface area contributed by atoms with Gasteiger partial charge in [0.05, 0.1) is 19.1 Å². The minimum Gasteiger partial charge on any atom is -0.497 e. The Morgan fingerprint density at radius 3 is 2.95 bits per heavy atom. The molecule has 0 aliphatic carbocycles. The highest BCUT2D eigenvalue weighted by molar-refractivity contribution is 5.83. The van der Waals surface area contributed by atoms with Crippen molar-refractivity contribution in [2.45, 2.75) is 13.0 Å². The van der Waals surface area contributed by atoms with Gasteiger partial charge in [-0.05, 0) is 30.7 Å². The van der Waals surface area contributed by atoms with Crippen LogP contribution in [0.4, 0.5) is 0 Å². The molecule has 1 atom stereocenters. The molecule has 1 aromatic rings. The van der Waals surface area contributed by atoms with E-state index in [1.165, 1.54) is 0 Å². The number of carbonyl (C=O) groups excluding carboxylic acids is 1. The summed E-state index contributed by atoms with van der Waals surface area (Å²) in [7, 11) is 3.27. The molecule has 1 unspecified atom stereocenters. The number of methoxy groups -OCH3 is 2. The SMILES string of the molecule is COCC1(C(=O)NCc2cccc(OC)c2)CCNC1. The normalized spacial score (nSPS) is 21.7. The Kier molecular flexibility index (Phi) is 4.98. The number of ether oxygens (including phenoxy) is 2. The Bertz CT molecular complexity index is 456. The molecule has 0 bridgehead atoms. The predicted octanol–water partition coefficient (Wildman–Crippen LogP) is 0.937. The molecule has 5 heteroatoms. The Labute approximate surface area is 119 Å². The summed E-state index contributed by atoms with van der Waals surface area (Å²) in [4.78, 5) is 12.4. The zero-order valence-corrected chi connectivity index (χ0v) is 12.1. The fourth-order valence-corrected chi connectivity index (χ4v) is 2.55. The maximum absolute atomic E-state index is 12.4. The topological polar surface area (TPSA) is 59.6 Å². The van der Waals surface area contributed by atoms with Crippen molar-refractivity contribution in [3.63, 3.8) is 0 Å². The Balaban J connectivity index is 1.96. The van der Waals surface area contributed by atoms with Gasteiger partial charge in [-0.25, -0.2) is 0 Å². The number of hydrogen-bond acceptors (Lipinski definition) is 4. The lowest BCUT2D eigenvalue weighted by atomic mass is 9.87. The molecular formula is C15H22N2O3. The molecule has 1 aliphatic rings. The summed E-state index contributed by atoms with van der Waals surface area (Å²) in [6.07, 6.45) is 0.810. The fraction of sp³-hybridized carbons (Fsp3) is 0.533. The van der Waals surface area contributed by atoms with Gasteiger partial charge in [-0.1, -0.05) is 12.1 Å². The Morgan fingerprint density at radius 2 is 2.30 bits per heavy atom. The van der Waals surface area contributed by atoms with Crippen molar-refractivity contribution in [1.29, 1.82) is 0 Å². The van der Waals surface area contributed by atoms with Gasteiger partial charge in [0.2, 0.25) is 5.91 Å². The molecule has 0 saturated carbocycles. The molecule has 2 rings (SSSR count). The third-order valence-electron chi connectivity index (χ3n) is 3.73. The van der Waals surface area contributed by atoms with E-state index in [0.717, 1.165) is 24.3 Å². The van der Waals surface area contributed by atoms with Gasteiger partial charge in [0.1, 0.15) is 5.75 Å². The average molecular weight is 278 g/mol. The number of hydrogen-bond donors (Lipinski definition) is 2. The summed E-state index contributed by atoms with van der Waals surface area (Å²) in [6.45, 7) is 2.48. The van der Waals surface area contributed by atoms with Crippen molar-refractivity contribution in [2.75, 3.05) is 33.9 Å². The molecule has 0 spiro atoms. The van der Waals surface area contributed by atoms with E-state index < -0.39 is 5.41 Å². The van der Waals surface area contributed by atoms with Crippen LogP contribution in [0.1, 0.15) is 12.0 Å². The summed E-state index contributed by atoms with van der Waals surface area (Å²) >= 11 is 0. The van der Waals surface area contributed by atoms with Crippen LogP contribution in [-0.2, 0) is 16.1 Å². The maximum Gasteiger partial charge on any atom is 0.230 e. The van der Waals surface area contributed by atoms with Crippen LogP contribution >= 0.6 is 0 Å². The number of rotatable bonds is 6. The summed E-state index contributed by atoms with van der Waals surface area (Å²) in [5, 5.41) is 6.24. The largest absolute Gasteiger partial charge is 0.497 e. The molecule has 1 saturated heterocycles. The van der Waals surface area contributed by atoms with Gasteiger partial charge < -0.3 is 20.1 Å². The van der Waals surface area contributed by atoms with Gasteiger partial charge in [0.25, 0.3) is 0 Å². The van der Waals surface area contributed by atoms with Crippen LogP contribution in [-0.4, -0.2) is 39.8 Å². The highest BCUT2D eigenvalue weighted by atomic mass is 16.5. The fourth-order valence-electron chi connectivity index (χ4n) is 2.55. The van der Waals surface area contributed by atoms with Gasteiger partial charge in [-0.3, -0.25) is 4.79 Å². The van der Waals surface area contributed by atoms with E-state index in [4.69, 9.17) is 9.47 Å². The predicted molar refractivity (Wildman–Crippen MR) is 76.6 cm³/mol. The van der Waals surface area contributed by atoms with Crippen molar-refractivity contribution in [3.8, 4) is 5.75 Å². The molecule has 1 aliphatic heterocycles. The van der Waals surface area contributed by atoms with E-state index in [-0.39, 0.29) is 5.91 Å². The molecule has 1 fully saturated rings. The van der Waals surface area contributed by atoms with Crippen LogP contribution in [0.2, 0.25) is 0 Å². The second kappa shape index (κ2) is 6.72. The molecule has 0 radical (unpaired) electrons. The minimum absolute atomic E-state index is 0.0483. The Hall–Kier alpha value is -1.59. The summed E-state index contributed by atoms with van der Waals surface area (Å²) < 4.78 is 10.4. The second-order valence-electron chi connectivity index (χ2n) is 5.17. The molecule has 0 aromatic heterocycles.